The van der Waals surface area contributed by atoms with E-state index >= 15 is 0 Å². The first-order chi connectivity index (χ1) is 12.9. The minimum Gasteiger partial charge on any atom is -0.484 e. The number of rotatable bonds is 10. The highest BCUT2D eigenvalue weighted by molar-refractivity contribution is 7.89. The number of carboxylic acid groups (broad SMARTS) is 1. The SMILES string of the molecule is O=C(O)CNC(=O)COc1cccc(CCNS(=O)(=O)c2ccccc2)c1. The van der Waals surface area contributed by atoms with Gasteiger partial charge in [-0.05, 0) is 36.2 Å². The maximum absolute atomic E-state index is 12.2. The van der Waals surface area contributed by atoms with Crippen molar-refractivity contribution in [3.05, 3.63) is 60.2 Å². The van der Waals surface area contributed by atoms with Gasteiger partial charge in [-0.25, -0.2) is 13.1 Å². The molecule has 0 aliphatic rings. The fraction of sp³-hybridized carbons (Fsp3) is 0.222. The second kappa shape index (κ2) is 9.70. The lowest BCUT2D eigenvalue weighted by molar-refractivity contribution is -0.138. The molecule has 0 spiro atoms. The highest BCUT2D eigenvalue weighted by atomic mass is 32.2. The zero-order valence-corrected chi connectivity index (χ0v) is 15.2. The Morgan fingerprint density at radius 2 is 1.78 bits per heavy atom. The zero-order chi connectivity index (χ0) is 19.7. The van der Waals surface area contributed by atoms with Crippen molar-refractivity contribution < 1.29 is 27.9 Å². The summed E-state index contributed by atoms with van der Waals surface area (Å²) >= 11 is 0. The van der Waals surface area contributed by atoms with E-state index in [9.17, 15) is 18.0 Å². The molecule has 27 heavy (non-hydrogen) atoms. The Hall–Kier alpha value is -2.91. The predicted octanol–water partition coefficient (Wildman–Crippen LogP) is 0.787. The number of hydrogen-bond acceptors (Lipinski definition) is 5. The van der Waals surface area contributed by atoms with E-state index in [0.29, 0.717) is 12.2 Å². The van der Waals surface area contributed by atoms with E-state index in [1.165, 1.54) is 12.1 Å². The van der Waals surface area contributed by atoms with Crippen LogP contribution in [0.1, 0.15) is 5.56 Å². The lowest BCUT2D eigenvalue weighted by Crippen LogP contribution is -2.33. The van der Waals surface area contributed by atoms with E-state index in [1.54, 1.807) is 36.4 Å². The van der Waals surface area contributed by atoms with Gasteiger partial charge < -0.3 is 15.2 Å². The minimum atomic E-state index is -3.56. The van der Waals surface area contributed by atoms with Gasteiger partial charge in [0.2, 0.25) is 10.0 Å². The molecule has 0 bridgehead atoms. The average molecular weight is 392 g/mol. The monoisotopic (exact) mass is 392 g/mol. The summed E-state index contributed by atoms with van der Waals surface area (Å²) in [6.07, 6.45) is 0.439. The highest BCUT2D eigenvalue weighted by Gasteiger charge is 2.12. The molecule has 2 rings (SSSR count). The Kier molecular flexibility index (Phi) is 7.33. The number of carbonyl (C=O) groups excluding carboxylic acids is 1. The van der Waals surface area contributed by atoms with Crippen molar-refractivity contribution in [2.24, 2.45) is 0 Å². The number of amides is 1. The molecule has 0 atom stereocenters. The zero-order valence-electron chi connectivity index (χ0n) is 14.4. The molecule has 0 aromatic heterocycles. The summed E-state index contributed by atoms with van der Waals surface area (Å²) in [5, 5.41) is 10.7. The first-order valence-corrected chi connectivity index (χ1v) is 9.60. The summed E-state index contributed by atoms with van der Waals surface area (Å²) in [6.45, 7) is -0.569. The number of sulfonamides is 1. The third-order valence-corrected chi connectivity index (χ3v) is 4.94. The van der Waals surface area contributed by atoms with Gasteiger partial charge in [0.25, 0.3) is 5.91 Å². The minimum absolute atomic E-state index is 0.203. The number of carboxylic acids is 1. The van der Waals surface area contributed by atoms with Crippen molar-refractivity contribution in [2.75, 3.05) is 19.7 Å². The summed E-state index contributed by atoms with van der Waals surface area (Å²) in [5.41, 5.74) is 0.828. The van der Waals surface area contributed by atoms with Crippen LogP contribution < -0.4 is 14.8 Å². The molecule has 2 aromatic carbocycles. The van der Waals surface area contributed by atoms with E-state index < -0.39 is 28.4 Å². The molecule has 0 aliphatic heterocycles. The number of aliphatic carboxylic acids is 1. The van der Waals surface area contributed by atoms with E-state index in [4.69, 9.17) is 9.84 Å². The van der Waals surface area contributed by atoms with E-state index in [1.807, 2.05) is 6.07 Å². The number of benzene rings is 2. The van der Waals surface area contributed by atoms with E-state index in [2.05, 4.69) is 10.0 Å². The summed E-state index contributed by atoms with van der Waals surface area (Å²) in [6, 6.07) is 15.0. The van der Waals surface area contributed by atoms with Crippen molar-refractivity contribution in [1.82, 2.24) is 10.0 Å². The van der Waals surface area contributed by atoms with Crippen LogP contribution in [-0.4, -0.2) is 45.1 Å². The normalized spacial score (nSPS) is 11.0. The molecule has 0 unspecified atom stereocenters. The summed E-state index contributed by atoms with van der Waals surface area (Å²) in [5.74, 6) is -1.24. The second-order valence-electron chi connectivity index (χ2n) is 5.57. The van der Waals surface area contributed by atoms with Gasteiger partial charge in [-0.2, -0.15) is 0 Å². The molecule has 0 radical (unpaired) electrons. The van der Waals surface area contributed by atoms with Gasteiger partial charge >= 0.3 is 5.97 Å². The molecular formula is C18H20N2O6S. The van der Waals surface area contributed by atoms with Gasteiger partial charge in [-0.3, -0.25) is 9.59 Å². The molecule has 9 heteroatoms. The molecule has 3 N–H and O–H groups in total. The maximum atomic E-state index is 12.2. The van der Waals surface area contributed by atoms with Crippen molar-refractivity contribution in [3.8, 4) is 5.75 Å². The van der Waals surface area contributed by atoms with Gasteiger partial charge in [0.15, 0.2) is 6.61 Å². The molecule has 1 amide bonds. The predicted molar refractivity (Wildman–Crippen MR) is 97.9 cm³/mol. The molecule has 0 saturated heterocycles. The van der Waals surface area contributed by atoms with Crippen LogP contribution in [-0.2, 0) is 26.0 Å². The Morgan fingerprint density at radius 1 is 1.04 bits per heavy atom. The van der Waals surface area contributed by atoms with Crippen LogP contribution in [0.5, 0.6) is 5.75 Å². The molecule has 144 valence electrons. The van der Waals surface area contributed by atoms with Crippen LogP contribution in [0, 0.1) is 0 Å². The topological polar surface area (TPSA) is 122 Å². The summed E-state index contributed by atoms with van der Waals surface area (Å²) < 4.78 is 32.2. The van der Waals surface area contributed by atoms with E-state index in [0.717, 1.165) is 5.56 Å². The van der Waals surface area contributed by atoms with Gasteiger partial charge in [-0.15, -0.1) is 0 Å². The molecule has 0 fully saturated rings. The van der Waals surface area contributed by atoms with Crippen molar-refractivity contribution in [1.29, 1.82) is 0 Å². The molecule has 2 aromatic rings. The maximum Gasteiger partial charge on any atom is 0.322 e. The molecule has 0 saturated carbocycles. The van der Waals surface area contributed by atoms with Crippen molar-refractivity contribution in [2.45, 2.75) is 11.3 Å². The largest absolute Gasteiger partial charge is 0.484 e. The Bertz CT molecular complexity index is 884. The number of nitrogens with one attached hydrogen (secondary N) is 2. The summed E-state index contributed by atoms with van der Waals surface area (Å²) in [4.78, 5) is 22.0. The van der Waals surface area contributed by atoms with Crippen LogP contribution in [0.15, 0.2) is 59.5 Å². The smallest absolute Gasteiger partial charge is 0.322 e. The molecular weight excluding hydrogens is 372 g/mol. The number of ether oxygens (including phenoxy) is 1. The highest BCUT2D eigenvalue weighted by Crippen LogP contribution is 2.14. The van der Waals surface area contributed by atoms with Crippen LogP contribution in [0.2, 0.25) is 0 Å². The first-order valence-electron chi connectivity index (χ1n) is 8.12. The third kappa shape index (κ3) is 7.08. The van der Waals surface area contributed by atoms with Gasteiger partial charge in [0.05, 0.1) is 4.90 Å². The third-order valence-electron chi connectivity index (χ3n) is 3.46. The van der Waals surface area contributed by atoms with Gasteiger partial charge in [0, 0.05) is 6.54 Å². The first kappa shape index (κ1) is 20.4. The quantitative estimate of drug-likeness (QED) is 0.549. The summed E-state index contributed by atoms with van der Waals surface area (Å²) in [7, 11) is -3.56. The fourth-order valence-corrected chi connectivity index (χ4v) is 3.23. The Labute approximate surface area is 157 Å². The Balaban J connectivity index is 1.83. The molecule has 0 heterocycles. The van der Waals surface area contributed by atoms with Crippen LogP contribution in [0.3, 0.4) is 0 Å². The number of hydrogen-bond donors (Lipinski definition) is 3. The van der Waals surface area contributed by atoms with Crippen LogP contribution in [0.4, 0.5) is 0 Å². The van der Waals surface area contributed by atoms with Crippen molar-refractivity contribution >= 4 is 21.9 Å². The van der Waals surface area contributed by atoms with E-state index in [-0.39, 0.29) is 18.0 Å². The standard InChI is InChI=1S/C18H20N2O6S/c21-17(19-12-18(22)23)13-26-15-6-4-5-14(11-15)9-10-20-27(24,25)16-7-2-1-3-8-16/h1-8,11,20H,9-10,12-13H2,(H,19,21)(H,22,23). The van der Waals surface area contributed by atoms with Gasteiger partial charge in [0.1, 0.15) is 12.3 Å². The van der Waals surface area contributed by atoms with Crippen LogP contribution >= 0.6 is 0 Å². The second-order valence-corrected chi connectivity index (χ2v) is 7.33. The average Bonchev–Trinajstić information content (AvgIpc) is 2.65. The van der Waals surface area contributed by atoms with Crippen LogP contribution in [0.25, 0.3) is 0 Å². The van der Waals surface area contributed by atoms with Crippen molar-refractivity contribution in [3.63, 3.8) is 0 Å². The lowest BCUT2D eigenvalue weighted by atomic mass is 10.1. The molecule has 0 aliphatic carbocycles. The fourth-order valence-electron chi connectivity index (χ4n) is 2.18. The van der Waals surface area contributed by atoms with Gasteiger partial charge in [-0.1, -0.05) is 30.3 Å². The lowest BCUT2D eigenvalue weighted by Gasteiger charge is -2.09. The molecule has 8 nitrogen and oxygen atoms in total. The Morgan fingerprint density at radius 3 is 2.48 bits per heavy atom. The number of carbonyl (C=O) groups is 2.